The SMILES string of the molecule is COc1ccc(COc2ccc(-c3cc(OC)ccc3F)c(C(O)C3CCCC3)c2)cc1.[Cl-].[Cl-].[Zn+2]. The molecule has 184 valence electrons. The molecule has 4 nitrogen and oxygen atoms in total. The van der Waals surface area contributed by atoms with Crippen LogP contribution in [0.3, 0.4) is 0 Å². The first-order valence-corrected chi connectivity index (χ1v) is 11.0. The molecule has 0 aromatic heterocycles. The monoisotopic (exact) mass is 570 g/mol. The Morgan fingerprint density at radius 3 is 2.06 bits per heavy atom. The molecule has 8 heteroatoms. The average Bonchev–Trinajstić information content (AvgIpc) is 3.38. The molecule has 0 spiro atoms. The summed E-state index contributed by atoms with van der Waals surface area (Å²) in [4.78, 5) is 0. The van der Waals surface area contributed by atoms with Gasteiger partial charge in [0.05, 0.1) is 20.3 Å². The summed E-state index contributed by atoms with van der Waals surface area (Å²) >= 11 is 0. The summed E-state index contributed by atoms with van der Waals surface area (Å²) in [6, 6.07) is 17.9. The van der Waals surface area contributed by atoms with Crippen molar-refractivity contribution in [2.75, 3.05) is 14.2 Å². The molecule has 0 saturated heterocycles. The van der Waals surface area contributed by atoms with E-state index in [1.807, 2.05) is 42.5 Å². The van der Waals surface area contributed by atoms with Crippen LogP contribution in [0.1, 0.15) is 42.9 Å². The zero-order valence-corrected chi connectivity index (χ0v) is 24.5. The van der Waals surface area contributed by atoms with Gasteiger partial charge < -0.3 is 44.1 Å². The van der Waals surface area contributed by atoms with E-state index in [-0.39, 0.29) is 56.0 Å². The molecule has 0 aliphatic heterocycles. The van der Waals surface area contributed by atoms with E-state index in [2.05, 4.69) is 0 Å². The Bertz CT molecular complexity index is 1060. The second kappa shape index (κ2) is 14.6. The van der Waals surface area contributed by atoms with Crippen LogP contribution in [-0.2, 0) is 26.1 Å². The molecule has 1 fully saturated rings. The molecule has 1 aliphatic carbocycles. The number of methoxy groups -OCH3 is 2. The van der Waals surface area contributed by atoms with Crippen molar-refractivity contribution in [3.63, 3.8) is 0 Å². The van der Waals surface area contributed by atoms with Crippen LogP contribution in [-0.4, -0.2) is 19.3 Å². The van der Waals surface area contributed by atoms with Crippen molar-refractivity contribution in [1.82, 2.24) is 0 Å². The summed E-state index contributed by atoms with van der Waals surface area (Å²) in [5.74, 6) is 1.82. The van der Waals surface area contributed by atoms with Crippen LogP contribution in [0.2, 0.25) is 0 Å². The Labute approximate surface area is 231 Å². The zero-order valence-electron chi connectivity index (χ0n) is 20.0. The Balaban J connectivity index is 0.00000204. The molecule has 1 saturated carbocycles. The number of aliphatic hydroxyl groups excluding tert-OH is 1. The van der Waals surface area contributed by atoms with Gasteiger partial charge in [0.1, 0.15) is 29.7 Å². The second-order valence-electron chi connectivity index (χ2n) is 8.22. The van der Waals surface area contributed by atoms with E-state index < -0.39 is 6.10 Å². The van der Waals surface area contributed by atoms with E-state index in [0.717, 1.165) is 37.0 Å². The summed E-state index contributed by atoms with van der Waals surface area (Å²) in [6.07, 6.45) is 3.48. The summed E-state index contributed by atoms with van der Waals surface area (Å²) < 4.78 is 31.3. The number of ether oxygens (including phenoxy) is 3. The smallest absolute Gasteiger partial charge is 1.00 e. The number of rotatable bonds is 8. The topological polar surface area (TPSA) is 47.9 Å². The van der Waals surface area contributed by atoms with Crippen molar-refractivity contribution in [1.29, 1.82) is 0 Å². The molecule has 1 atom stereocenters. The predicted octanol–water partition coefficient (Wildman–Crippen LogP) is 0.318. The summed E-state index contributed by atoms with van der Waals surface area (Å²) in [7, 11) is 3.19. The van der Waals surface area contributed by atoms with E-state index in [1.165, 1.54) is 6.07 Å². The molecule has 3 aromatic carbocycles. The first-order valence-electron chi connectivity index (χ1n) is 11.0. The van der Waals surface area contributed by atoms with Gasteiger partial charge in [-0.15, -0.1) is 0 Å². The van der Waals surface area contributed by atoms with Gasteiger partial charge in [0.25, 0.3) is 0 Å². The molecular formula is C27H29Cl2FO4Zn. The quantitative estimate of drug-likeness (QED) is 0.395. The van der Waals surface area contributed by atoms with Crippen LogP contribution in [0.15, 0.2) is 60.7 Å². The minimum absolute atomic E-state index is 0. The van der Waals surface area contributed by atoms with Crippen molar-refractivity contribution in [3.8, 4) is 28.4 Å². The fourth-order valence-electron chi connectivity index (χ4n) is 4.37. The third kappa shape index (κ3) is 7.57. The number of halogens is 3. The van der Waals surface area contributed by atoms with Crippen molar-refractivity contribution in [2.45, 2.75) is 38.4 Å². The maximum Gasteiger partial charge on any atom is 2.00 e. The van der Waals surface area contributed by atoms with E-state index in [4.69, 9.17) is 14.2 Å². The van der Waals surface area contributed by atoms with Gasteiger partial charge in [-0.2, -0.15) is 0 Å². The maximum atomic E-state index is 14.8. The zero-order chi connectivity index (χ0) is 22.5. The first-order chi connectivity index (χ1) is 15.6. The molecule has 0 heterocycles. The molecule has 1 aliphatic rings. The van der Waals surface area contributed by atoms with E-state index in [1.54, 1.807) is 26.4 Å². The number of benzene rings is 3. The molecule has 0 radical (unpaired) electrons. The van der Waals surface area contributed by atoms with E-state index in [9.17, 15) is 9.50 Å². The minimum atomic E-state index is -0.678. The molecule has 1 unspecified atom stereocenters. The normalized spacial score (nSPS) is 13.6. The molecule has 3 aromatic rings. The van der Waals surface area contributed by atoms with Crippen molar-refractivity contribution in [2.24, 2.45) is 5.92 Å². The first kappa shape index (κ1) is 31.2. The largest absolute Gasteiger partial charge is 2.00 e. The van der Waals surface area contributed by atoms with Gasteiger partial charge in [-0.3, -0.25) is 0 Å². The van der Waals surface area contributed by atoms with Crippen LogP contribution < -0.4 is 39.0 Å². The van der Waals surface area contributed by atoms with Gasteiger partial charge in [0.15, 0.2) is 0 Å². The Morgan fingerprint density at radius 1 is 0.829 bits per heavy atom. The Morgan fingerprint density at radius 2 is 1.43 bits per heavy atom. The van der Waals surface area contributed by atoms with Crippen LogP contribution in [0.4, 0.5) is 4.39 Å². The number of hydrogen-bond acceptors (Lipinski definition) is 4. The average molecular weight is 573 g/mol. The fraction of sp³-hybridized carbons (Fsp3) is 0.333. The van der Waals surface area contributed by atoms with E-state index >= 15 is 0 Å². The summed E-state index contributed by atoms with van der Waals surface area (Å²) in [5, 5.41) is 11.2. The minimum Gasteiger partial charge on any atom is -1.00 e. The van der Waals surface area contributed by atoms with Gasteiger partial charge in [0.2, 0.25) is 0 Å². The molecule has 4 rings (SSSR count). The summed E-state index contributed by atoms with van der Waals surface area (Å²) in [5.41, 5.74) is 2.78. The second-order valence-corrected chi connectivity index (χ2v) is 8.22. The van der Waals surface area contributed by atoms with Crippen molar-refractivity contribution >= 4 is 0 Å². The number of aliphatic hydroxyl groups is 1. The van der Waals surface area contributed by atoms with Gasteiger partial charge in [-0.05, 0) is 77.9 Å². The Kier molecular flexibility index (Phi) is 13.1. The van der Waals surface area contributed by atoms with Crippen LogP contribution in [0.25, 0.3) is 11.1 Å². The Hall–Kier alpha value is -1.85. The van der Waals surface area contributed by atoms with Gasteiger partial charge in [-0.1, -0.05) is 31.0 Å². The molecular weight excluding hydrogens is 544 g/mol. The molecule has 1 N–H and O–H groups in total. The number of hydrogen-bond donors (Lipinski definition) is 1. The van der Waals surface area contributed by atoms with Gasteiger partial charge in [-0.25, -0.2) is 4.39 Å². The third-order valence-corrected chi connectivity index (χ3v) is 6.22. The van der Waals surface area contributed by atoms with Crippen LogP contribution in [0, 0.1) is 11.7 Å². The van der Waals surface area contributed by atoms with Crippen molar-refractivity contribution in [3.05, 3.63) is 77.6 Å². The molecule has 0 amide bonds. The van der Waals surface area contributed by atoms with Gasteiger partial charge in [0, 0.05) is 5.56 Å². The van der Waals surface area contributed by atoms with Crippen molar-refractivity contribution < 1.29 is 68.0 Å². The predicted molar refractivity (Wildman–Crippen MR) is 123 cm³/mol. The fourth-order valence-corrected chi connectivity index (χ4v) is 4.37. The third-order valence-electron chi connectivity index (χ3n) is 6.22. The van der Waals surface area contributed by atoms with E-state index in [0.29, 0.717) is 34.8 Å². The van der Waals surface area contributed by atoms with Crippen LogP contribution >= 0.6 is 0 Å². The maximum absolute atomic E-state index is 14.8. The molecule has 35 heavy (non-hydrogen) atoms. The van der Waals surface area contributed by atoms with Gasteiger partial charge >= 0.3 is 19.5 Å². The standard InChI is InChI=1S/C27H29FO4.2ClH.Zn/c1-30-20-9-7-18(8-10-20)17-32-22-11-13-23(24-15-21(31-2)12-14-26(24)28)25(16-22)27(29)19-5-3-4-6-19;;;/h7-16,19,27,29H,3-6,17H2,1-2H3;2*1H;/q;;;+2/p-2. The summed E-state index contributed by atoms with van der Waals surface area (Å²) in [6.45, 7) is 0.385. The molecule has 0 bridgehead atoms. The van der Waals surface area contributed by atoms with Crippen LogP contribution in [0.5, 0.6) is 17.2 Å².